The maximum Gasteiger partial charge on any atom is 0.0762 e. The molecule has 1 aromatic carbocycles. The molecule has 0 aromatic heterocycles. The first-order valence-corrected chi connectivity index (χ1v) is 6.61. The van der Waals surface area contributed by atoms with E-state index in [0.717, 1.165) is 22.3 Å². The molecule has 0 saturated carbocycles. The van der Waals surface area contributed by atoms with Crippen molar-refractivity contribution in [2.45, 2.75) is 32.9 Å². The minimum Gasteiger partial charge on any atom is -0.389 e. The van der Waals surface area contributed by atoms with Crippen molar-refractivity contribution in [1.82, 2.24) is 0 Å². The van der Waals surface area contributed by atoms with Crippen LogP contribution < -0.4 is 4.90 Å². The zero-order valence-corrected chi connectivity index (χ0v) is 12.2. The Morgan fingerprint density at radius 1 is 1.41 bits per heavy atom. The Hall–Kier alpha value is -0.800. The molecule has 2 nitrogen and oxygen atoms in total. The summed E-state index contributed by atoms with van der Waals surface area (Å²) in [6.07, 6.45) is 1.46. The van der Waals surface area contributed by atoms with Crippen LogP contribution in [0.15, 0.2) is 35.3 Å². The number of hydrogen-bond acceptors (Lipinski definition) is 2. The number of anilines is 1. The molecule has 0 fully saturated rings. The molecule has 0 spiro atoms. The lowest BCUT2D eigenvalue weighted by molar-refractivity contribution is 0.199. The van der Waals surface area contributed by atoms with Gasteiger partial charge >= 0.3 is 0 Å². The third-order valence-corrected chi connectivity index (χ3v) is 3.35. The van der Waals surface area contributed by atoms with E-state index in [2.05, 4.69) is 41.3 Å². The Morgan fingerprint density at radius 2 is 2.06 bits per heavy atom. The summed E-state index contributed by atoms with van der Waals surface area (Å²) in [5.41, 5.74) is 2.05. The minimum absolute atomic E-state index is 0.404. The summed E-state index contributed by atoms with van der Waals surface area (Å²) >= 11 is 3.57. The van der Waals surface area contributed by atoms with Gasteiger partial charge in [0.1, 0.15) is 0 Å². The van der Waals surface area contributed by atoms with Gasteiger partial charge in [0.15, 0.2) is 0 Å². The number of halogens is 1. The van der Waals surface area contributed by atoms with E-state index in [1.807, 2.05) is 24.3 Å². The smallest absolute Gasteiger partial charge is 0.0762 e. The Kier molecular flexibility index (Phi) is 5.22. The number of hydrogen-bond donors (Lipinski definition) is 1. The van der Waals surface area contributed by atoms with Crippen LogP contribution in [0, 0.1) is 0 Å². The number of rotatable bonds is 5. The zero-order chi connectivity index (χ0) is 13.0. The van der Waals surface area contributed by atoms with Crippen LogP contribution in [0.1, 0.15) is 32.4 Å². The molecule has 1 aromatic rings. The van der Waals surface area contributed by atoms with Crippen LogP contribution in [0.5, 0.6) is 0 Å². The summed E-state index contributed by atoms with van der Waals surface area (Å²) in [5.74, 6) is 0. The van der Waals surface area contributed by atoms with Gasteiger partial charge in [-0.05, 0) is 54.4 Å². The van der Waals surface area contributed by atoms with Gasteiger partial charge in [0.25, 0.3) is 0 Å². The summed E-state index contributed by atoms with van der Waals surface area (Å²) < 4.78 is 1.01. The highest BCUT2D eigenvalue weighted by Gasteiger charge is 2.13. The summed E-state index contributed by atoms with van der Waals surface area (Å²) in [5, 5.41) is 9.54. The summed E-state index contributed by atoms with van der Waals surface area (Å²) in [7, 11) is 0. The second kappa shape index (κ2) is 6.22. The van der Waals surface area contributed by atoms with E-state index >= 15 is 0 Å². The van der Waals surface area contributed by atoms with Crippen molar-refractivity contribution >= 4 is 21.6 Å². The number of aliphatic hydroxyl groups is 1. The van der Waals surface area contributed by atoms with Crippen LogP contribution in [0.2, 0.25) is 0 Å². The molecule has 0 radical (unpaired) electrons. The molecule has 1 atom stereocenters. The molecule has 0 heterocycles. The van der Waals surface area contributed by atoms with E-state index in [1.165, 1.54) is 0 Å². The molecule has 0 aliphatic heterocycles. The van der Waals surface area contributed by atoms with E-state index in [1.54, 1.807) is 6.92 Å². The highest BCUT2D eigenvalue weighted by atomic mass is 79.9. The molecular formula is C14H20BrNO. The number of nitrogens with zero attached hydrogens (tertiary/aromatic N) is 1. The van der Waals surface area contributed by atoms with E-state index in [4.69, 9.17) is 0 Å². The van der Waals surface area contributed by atoms with E-state index in [9.17, 15) is 5.11 Å². The fraction of sp³-hybridized carbons (Fsp3) is 0.429. The largest absolute Gasteiger partial charge is 0.389 e. The van der Waals surface area contributed by atoms with Gasteiger partial charge in [-0.25, -0.2) is 0 Å². The quantitative estimate of drug-likeness (QED) is 0.833. The second-order valence-corrected chi connectivity index (χ2v) is 5.28. The molecule has 0 aliphatic carbocycles. The van der Waals surface area contributed by atoms with Crippen LogP contribution in [-0.2, 0) is 0 Å². The molecule has 0 bridgehead atoms. The predicted molar refractivity (Wildman–Crippen MR) is 77.5 cm³/mol. The Labute approximate surface area is 112 Å². The van der Waals surface area contributed by atoms with Crippen molar-refractivity contribution in [1.29, 1.82) is 0 Å². The van der Waals surface area contributed by atoms with Gasteiger partial charge in [0.05, 0.1) is 11.8 Å². The lowest BCUT2D eigenvalue weighted by Gasteiger charge is -2.29. The third kappa shape index (κ3) is 3.58. The topological polar surface area (TPSA) is 23.5 Å². The van der Waals surface area contributed by atoms with Gasteiger partial charge < -0.3 is 10.0 Å². The van der Waals surface area contributed by atoms with Crippen molar-refractivity contribution in [3.8, 4) is 0 Å². The van der Waals surface area contributed by atoms with Crippen molar-refractivity contribution in [2.24, 2.45) is 0 Å². The maximum atomic E-state index is 9.54. The Balaban J connectivity index is 3.08. The molecule has 1 N–H and O–H groups in total. The van der Waals surface area contributed by atoms with Gasteiger partial charge in [-0.2, -0.15) is 0 Å². The van der Waals surface area contributed by atoms with Crippen molar-refractivity contribution in [2.75, 3.05) is 11.4 Å². The predicted octanol–water partition coefficient (Wildman–Crippen LogP) is 3.90. The highest BCUT2D eigenvalue weighted by Crippen LogP contribution is 2.30. The summed E-state index contributed by atoms with van der Waals surface area (Å²) in [6.45, 7) is 10.7. The molecule has 94 valence electrons. The lowest BCUT2D eigenvalue weighted by Crippen LogP contribution is -2.31. The van der Waals surface area contributed by atoms with Crippen molar-refractivity contribution in [3.05, 3.63) is 40.9 Å². The van der Waals surface area contributed by atoms with Gasteiger partial charge in [0, 0.05) is 17.1 Å². The monoisotopic (exact) mass is 297 g/mol. The van der Waals surface area contributed by atoms with Crippen LogP contribution >= 0.6 is 15.9 Å². The lowest BCUT2D eigenvalue weighted by atomic mass is 10.1. The van der Waals surface area contributed by atoms with E-state index < -0.39 is 6.10 Å². The van der Waals surface area contributed by atoms with Gasteiger partial charge in [0.2, 0.25) is 0 Å². The molecule has 3 heteroatoms. The number of benzene rings is 1. The molecule has 0 saturated heterocycles. The van der Waals surface area contributed by atoms with Gasteiger partial charge in [-0.15, -0.1) is 6.58 Å². The van der Waals surface area contributed by atoms with E-state index in [-0.39, 0.29) is 0 Å². The Morgan fingerprint density at radius 3 is 2.47 bits per heavy atom. The highest BCUT2D eigenvalue weighted by molar-refractivity contribution is 9.10. The molecule has 0 amide bonds. The minimum atomic E-state index is -0.438. The summed E-state index contributed by atoms with van der Waals surface area (Å²) in [4.78, 5) is 2.25. The maximum absolute atomic E-state index is 9.54. The third-order valence-electron chi connectivity index (χ3n) is 2.71. The fourth-order valence-electron chi connectivity index (χ4n) is 1.74. The van der Waals surface area contributed by atoms with Crippen LogP contribution in [0.3, 0.4) is 0 Å². The van der Waals surface area contributed by atoms with Crippen molar-refractivity contribution < 1.29 is 5.11 Å². The fourth-order valence-corrected chi connectivity index (χ4v) is 2.37. The first-order chi connectivity index (χ1) is 7.97. The van der Waals surface area contributed by atoms with Crippen LogP contribution in [0.25, 0.3) is 0 Å². The standard InChI is InChI=1S/C14H20BrNO/c1-5-8-16(10(2)3)14-7-6-12(11(4)17)9-13(14)15/h5-7,9-11,17H,1,8H2,2-4H3/t11-/m0/s1. The average Bonchev–Trinajstić information content (AvgIpc) is 2.26. The van der Waals surface area contributed by atoms with Crippen molar-refractivity contribution in [3.63, 3.8) is 0 Å². The normalized spacial score (nSPS) is 12.6. The SMILES string of the molecule is C=CCN(c1ccc([C@H](C)O)cc1Br)C(C)C. The Bertz CT molecular complexity index is 388. The second-order valence-electron chi connectivity index (χ2n) is 4.42. The summed E-state index contributed by atoms with van der Waals surface area (Å²) in [6, 6.07) is 6.37. The van der Waals surface area contributed by atoms with Gasteiger partial charge in [-0.3, -0.25) is 0 Å². The molecule has 1 rings (SSSR count). The molecule has 17 heavy (non-hydrogen) atoms. The average molecular weight is 298 g/mol. The van der Waals surface area contributed by atoms with Crippen LogP contribution in [0.4, 0.5) is 5.69 Å². The molecular weight excluding hydrogens is 278 g/mol. The number of aliphatic hydroxyl groups excluding tert-OH is 1. The van der Waals surface area contributed by atoms with E-state index in [0.29, 0.717) is 6.04 Å². The molecule has 0 unspecified atom stereocenters. The van der Waals surface area contributed by atoms with Crippen LogP contribution in [-0.4, -0.2) is 17.7 Å². The first kappa shape index (κ1) is 14.3. The molecule has 0 aliphatic rings. The first-order valence-electron chi connectivity index (χ1n) is 5.82. The zero-order valence-electron chi connectivity index (χ0n) is 10.7. The van der Waals surface area contributed by atoms with Gasteiger partial charge in [-0.1, -0.05) is 12.1 Å².